The first kappa shape index (κ1) is 24.7. The normalized spacial score (nSPS) is 20.3. The molecule has 0 unspecified atom stereocenters. The maximum absolute atomic E-state index is 12.9. The molecule has 1 aliphatic heterocycles. The van der Waals surface area contributed by atoms with E-state index in [1.165, 1.54) is 36.2 Å². The number of ketones is 1. The van der Waals surface area contributed by atoms with Crippen molar-refractivity contribution in [3.05, 3.63) is 53.1 Å². The van der Waals surface area contributed by atoms with E-state index in [0.717, 1.165) is 56.5 Å². The molecular formula is C27H36N4O2S. The molecule has 0 radical (unpaired) electrons. The minimum atomic E-state index is -0.209. The topological polar surface area (TPSA) is 84.0 Å². The Morgan fingerprint density at radius 3 is 2.62 bits per heavy atom. The zero-order valence-electron chi connectivity index (χ0n) is 19.9. The first-order valence-corrected chi connectivity index (χ1v) is 13.6. The van der Waals surface area contributed by atoms with Crippen LogP contribution in [-0.4, -0.2) is 34.5 Å². The van der Waals surface area contributed by atoms with Gasteiger partial charge in [0.1, 0.15) is 10.8 Å². The summed E-state index contributed by atoms with van der Waals surface area (Å²) >= 11 is 1.49. The Labute approximate surface area is 206 Å². The third-order valence-electron chi connectivity index (χ3n) is 6.95. The van der Waals surface area contributed by atoms with Gasteiger partial charge in [0, 0.05) is 12.3 Å². The highest BCUT2D eigenvalue weighted by Gasteiger charge is 2.23. The standard InChI is InChI=1S/C27H36N4O2S/c32-24(23-13-7-8-18-28-23)19-21(15-14-20-9-3-1-4-10-20)16-17-25(33)29-27-31-30-26(34-27)22-11-5-2-6-12-22/h1,3-4,9-10,16-17,21-23,28H,2,5-8,11-15,18-19H2,(H,29,31,33)/b17-16+/t21-,23-/m0/s1. The number of Topliss-reactive ketones (excluding diaryl/α,β-unsaturated/α-hetero) is 1. The zero-order chi connectivity index (χ0) is 23.6. The molecule has 182 valence electrons. The van der Waals surface area contributed by atoms with Crippen molar-refractivity contribution in [3.8, 4) is 0 Å². The van der Waals surface area contributed by atoms with Crippen LogP contribution in [0.3, 0.4) is 0 Å². The molecule has 1 aliphatic carbocycles. The van der Waals surface area contributed by atoms with Gasteiger partial charge in [-0.05, 0) is 62.6 Å². The predicted molar refractivity (Wildman–Crippen MR) is 137 cm³/mol. The lowest BCUT2D eigenvalue weighted by molar-refractivity contribution is -0.122. The third kappa shape index (κ3) is 7.57. The lowest BCUT2D eigenvalue weighted by Crippen LogP contribution is -2.41. The SMILES string of the molecule is O=C(/C=C/[C@H](CCc1ccccc1)CC(=O)[C@@H]1CCCCN1)Nc1nnc(C2CCCCC2)s1. The van der Waals surface area contributed by atoms with Gasteiger partial charge in [0.05, 0.1) is 6.04 Å². The molecule has 0 bridgehead atoms. The van der Waals surface area contributed by atoms with Gasteiger partial charge in [0.15, 0.2) is 0 Å². The second-order valence-electron chi connectivity index (χ2n) is 9.59. The molecule has 7 heteroatoms. The van der Waals surface area contributed by atoms with Gasteiger partial charge < -0.3 is 5.32 Å². The highest BCUT2D eigenvalue weighted by atomic mass is 32.1. The van der Waals surface area contributed by atoms with Crippen LogP contribution in [0.15, 0.2) is 42.5 Å². The number of allylic oxidation sites excluding steroid dienone is 1. The van der Waals surface area contributed by atoms with E-state index in [-0.39, 0.29) is 23.7 Å². The molecule has 1 aromatic heterocycles. The largest absolute Gasteiger partial charge is 0.307 e. The number of carbonyl (C=O) groups is 2. The van der Waals surface area contributed by atoms with Crippen molar-refractivity contribution in [2.45, 2.75) is 82.6 Å². The second-order valence-corrected chi connectivity index (χ2v) is 10.6. The number of hydrogen-bond donors (Lipinski definition) is 2. The number of piperidine rings is 1. The van der Waals surface area contributed by atoms with E-state index in [9.17, 15) is 9.59 Å². The molecule has 2 N–H and O–H groups in total. The zero-order valence-corrected chi connectivity index (χ0v) is 20.7. The van der Waals surface area contributed by atoms with E-state index in [0.29, 0.717) is 17.5 Å². The molecule has 2 atom stereocenters. The number of benzene rings is 1. The average Bonchev–Trinajstić information content (AvgIpc) is 3.35. The van der Waals surface area contributed by atoms with Crippen molar-refractivity contribution < 1.29 is 9.59 Å². The van der Waals surface area contributed by atoms with Gasteiger partial charge in [0.2, 0.25) is 11.0 Å². The van der Waals surface area contributed by atoms with Crippen molar-refractivity contribution in [3.63, 3.8) is 0 Å². The summed E-state index contributed by atoms with van der Waals surface area (Å²) < 4.78 is 0. The number of rotatable bonds is 10. The van der Waals surface area contributed by atoms with Crippen molar-refractivity contribution in [1.29, 1.82) is 0 Å². The lowest BCUT2D eigenvalue weighted by atomic mass is 9.90. The van der Waals surface area contributed by atoms with E-state index >= 15 is 0 Å². The summed E-state index contributed by atoms with van der Waals surface area (Å²) in [5.74, 6) is 0.548. The fourth-order valence-electron chi connectivity index (χ4n) is 4.96. The highest BCUT2D eigenvalue weighted by Crippen LogP contribution is 2.35. The van der Waals surface area contributed by atoms with Gasteiger partial charge in [-0.2, -0.15) is 0 Å². The summed E-state index contributed by atoms with van der Waals surface area (Å²) in [6.07, 6.45) is 14.9. The fourth-order valence-corrected chi connectivity index (χ4v) is 5.88. The van der Waals surface area contributed by atoms with E-state index < -0.39 is 0 Å². The van der Waals surface area contributed by atoms with Gasteiger partial charge in [-0.25, -0.2) is 0 Å². The Balaban J connectivity index is 1.34. The molecule has 1 saturated carbocycles. The summed E-state index contributed by atoms with van der Waals surface area (Å²) in [6, 6.07) is 10.3. The molecule has 0 spiro atoms. The number of anilines is 1. The molecule has 6 nitrogen and oxygen atoms in total. The van der Waals surface area contributed by atoms with E-state index in [4.69, 9.17) is 0 Å². The van der Waals surface area contributed by atoms with E-state index in [2.05, 4.69) is 33.0 Å². The molecule has 1 amide bonds. The van der Waals surface area contributed by atoms with Crippen LogP contribution in [0.25, 0.3) is 0 Å². The van der Waals surface area contributed by atoms with Gasteiger partial charge in [-0.15, -0.1) is 10.2 Å². The number of aryl methyl sites for hydroxylation is 1. The number of carbonyl (C=O) groups excluding carboxylic acids is 2. The molecule has 4 rings (SSSR count). The molecule has 2 aliphatic rings. The summed E-state index contributed by atoms with van der Waals surface area (Å²) in [4.78, 5) is 25.5. The lowest BCUT2D eigenvalue weighted by Gasteiger charge is -2.23. The Bertz CT molecular complexity index is 947. The number of aromatic nitrogens is 2. The first-order valence-electron chi connectivity index (χ1n) is 12.8. The number of nitrogens with one attached hydrogen (secondary N) is 2. The molecular weight excluding hydrogens is 444 g/mol. The minimum Gasteiger partial charge on any atom is -0.307 e. The van der Waals surface area contributed by atoms with Gasteiger partial charge in [0.25, 0.3) is 0 Å². The predicted octanol–water partition coefficient (Wildman–Crippen LogP) is 5.43. The second kappa shape index (κ2) is 12.9. The van der Waals surface area contributed by atoms with Crippen LogP contribution >= 0.6 is 11.3 Å². The molecule has 1 saturated heterocycles. The molecule has 34 heavy (non-hydrogen) atoms. The quantitative estimate of drug-likeness (QED) is 0.443. The van der Waals surface area contributed by atoms with Crippen LogP contribution in [0.1, 0.15) is 80.7 Å². The number of nitrogens with zero attached hydrogens (tertiary/aromatic N) is 2. The van der Waals surface area contributed by atoms with Crippen molar-refractivity contribution in [2.75, 3.05) is 11.9 Å². The minimum absolute atomic E-state index is 0.0226. The van der Waals surface area contributed by atoms with Crippen LogP contribution in [0.2, 0.25) is 0 Å². The Morgan fingerprint density at radius 2 is 1.85 bits per heavy atom. The molecule has 1 aromatic carbocycles. The molecule has 2 fully saturated rings. The third-order valence-corrected chi connectivity index (χ3v) is 7.96. The number of hydrogen-bond acceptors (Lipinski definition) is 6. The maximum Gasteiger partial charge on any atom is 0.249 e. The Hall–Kier alpha value is -2.38. The van der Waals surface area contributed by atoms with E-state index in [1.54, 1.807) is 6.08 Å². The Morgan fingerprint density at radius 1 is 1.06 bits per heavy atom. The van der Waals surface area contributed by atoms with Crippen LogP contribution in [0.4, 0.5) is 5.13 Å². The van der Waals surface area contributed by atoms with Crippen LogP contribution < -0.4 is 10.6 Å². The maximum atomic E-state index is 12.9. The van der Waals surface area contributed by atoms with Crippen LogP contribution in [-0.2, 0) is 16.0 Å². The van der Waals surface area contributed by atoms with Crippen LogP contribution in [0, 0.1) is 5.92 Å². The molecule has 2 aromatic rings. The van der Waals surface area contributed by atoms with Crippen molar-refractivity contribution in [2.24, 2.45) is 5.92 Å². The summed E-state index contributed by atoms with van der Waals surface area (Å²) in [7, 11) is 0. The van der Waals surface area contributed by atoms with Crippen LogP contribution in [0.5, 0.6) is 0 Å². The van der Waals surface area contributed by atoms with Crippen molar-refractivity contribution >= 4 is 28.2 Å². The first-order chi connectivity index (χ1) is 16.7. The molecule has 2 heterocycles. The Kier molecular flexibility index (Phi) is 9.39. The van der Waals surface area contributed by atoms with Gasteiger partial charge in [-0.3, -0.25) is 14.9 Å². The van der Waals surface area contributed by atoms with Gasteiger partial charge in [-0.1, -0.05) is 73.4 Å². The fraction of sp³-hybridized carbons (Fsp3) is 0.556. The summed E-state index contributed by atoms with van der Waals surface area (Å²) in [5.41, 5.74) is 1.25. The highest BCUT2D eigenvalue weighted by molar-refractivity contribution is 7.15. The monoisotopic (exact) mass is 480 g/mol. The van der Waals surface area contributed by atoms with E-state index in [1.807, 2.05) is 24.3 Å². The number of amides is 1. The summed E-state index contributed by atoms with van der Waals surface area (Å²) in [6.45, 7) is 0.911. The smallest absolute Gasteiger partial charge is 0.249 e. The summed E-state index contributed by atoms with van der Waals surface area (Å²) in [5, 5.41) is 16.3. The average molecular weight is 481 g/mol. The van der Waals surface area contributed by atoms with Gasteiger partial charge >= 0.3 is 0 Å². The van der Waals surface area contributed by atoms with Crippen molar-refractivity contribution in [1.82, 2.24) is 15.5 Å².